The van der Waals surface area contributed by atoms with Crippen molar-refractivity contribution in [2.45, 2.75) is 26.3 Å². The SMILES string of the molecule is CCC(C)C(NC(=O)c1ccc(Cl)c([N+](=O)[O-])c1)C(=O)O. The van der Waals surface area contributed by atoms with E-state index in [9.17, 15) is 19.7 Å². The van der Waals surface area contributed by atoms with Gasteiger partial charge in [-0.25, -0.2) is 4.79 Å². The van der Waals surface area contributed by atoms with Gasteiger partial charge in [-0.2, -0.15) is 0 Å². The number of hydrogen-bond donors (Lipinski definition) is 2. The molecule has 1 aromatic rings. The Labute approximate surface area is 126 Å². The van der Waals surface area contributed by atoms with Crippen LogP contribution in [0.25, 0.3) is 0 Å². The molecule has 0 saturated heterocycles. The Hall–Kier alpha value is -2.15. The highest BCUT2D eigenvalue weighted by atomic mass is 35.5. The van der Waals surface area contributed by atoms with Crippen LogP contribution in [0.5, 0.6) is 0 Å². The van der Waals surface area contributed by atoms with Crippen molar-refractivity contribution in [2.24, 2.45) is 5.92 Å². The molecular weight excluding hydrogens is 300 g/mol. The Morgan fingerprint density at radius 3 is 2.57 bits per heavy atom. The van der Waals surface area contributed by atoms with Gasteiger partial charge >= 0.3 is 5.97 Å². The normalized spacial score (nSPS) is 13.3. The number of halogens is 1. The predicted octanol–water partition coefficient (Wildman–Crippen LogP) is 2.48. The van der Waals surface area contributed by atoms with E-state index in [1.165, 1.54) is 12.1 Å². The minimum Gasteiger partial charge on any atom is -0.480 e. The standard InChI is InChI=1S/C13H15ClN2O5/c1-3-7(2)11(13(18)19)15-12(17)8-4-5-9(14)10(6-8)16(20)21/h4-7,11H,3H2,1-2H3,(H,15,17)(H,18,19). The van der Waals surface area contributed by atoms with E-state index in [4.69, 9.17) is 16.7 Å². The number of hydrogen-bond acceptors (Lipinski definition) is 4. The minimum atomic E-state index is -1.15. The number of carboxylic acid groups (broad SMARTS) is 1. The number of aliphatic carboxylic acids is 1. The molecule has 0 spiro atoms. The summed E-state index contributed by atoms with van der Waals surface area (Å²) in [6, 6.07) is 2.50. The Kier molecular flexibility index (Phi) is 5.66. The van der Waals surface area contributed by atoms with E-state index in [-0.39, 0.29) is 16.5 Å². The molecule has 1 amide bonds. The van der Waals surface area contributed by atoms with Crippen LogP contribution in [-0.4, -0.2) is 27.9 Å². The molecule has 0 aliphatic rings. The van der Waals surface area contributed by atoms with Crippen molar-refractivity contribution in [1.29, 1.82) is 0 Å². The minimum absolute atomic E-state index is 0.0133. The highest BCUT2D eigenvalue weighted by Crippen LogP contribution is 2.25. The van der Waals surface area contributed by atoms with Crippen LogP contribution in [0.3, 0.4) is 0 Å². The van der Waals surface area contributed by atoms with Gasteiger partial charge in [-0.05, 0) is 18.1 Å². The molecule has 0 heterocycles. The molecule has 1 rings (SSSR count). The third kappa shape index (κ3) is 4.16. The number of benzene rings is 1. The first-order chi connectivity index (χ1) is 9.77. The number of carbonyl (C=O) groups is 2. The van der Waals surface area contributed by atoms with Crippen LogP contribution < -0.4 is 5.32 Å². The van der Waals surface area contributed by atoms with E-state index in [0.717, 1.165) is 6.07 Å². The lowest BCUT2D eigenvalue weighted by Gasteiger charge is -2.20. The number of rotatable bonds is 6. The molecule has 1 aromatic carbocycles. The fourth-order valence-corrected chi connectivity index (χ4v) is 1.89. The molecule has 2 N–H and O–H groups in total. The molecule has 2 atom stereocenters. The van der Waals surface area contributed by atoms with Crippen molar-refractivity contribution < 1.29 is 19.6 Å². The number of carbonyl (C=O) groups excluding carboxylic acids is 1. The summed E-state index contributed by atoms with van der Waals surface area (Å²) in [6.45, 7) is 3.50. The summed E-state index contributed by atoms with van der Waals surface area (Å²) in [7, 11) is 0. The quantitative estimate of drug-likeness (QED) is 0.619. The second-order valence-corrected chi connectivity index (χ2v) is 5.01. The van der Waals surface area contributed by atoms with Gasteiger partial charge in [0.25, 0.3) is 11.6 Å². The number of nitro benzene ring substituents is 1. The molecule has 0 saturated carbocycles. The zero-order valence-corrected chi connectivity index (χ0v) is 12.3. The summed E-state index contributed by atoms with van der Waals surface area (Å²) in [5.74, 6) is -2.11. The number of carboxylic acids is 1. The van der Waals surface area contributed by atoms with Crippen LogP contribution in [0, 0.1) is 16.0 Å². The number of nitro groups is 1. The maximum absolute atomic E-state index is 12.0. The van der Waals surface area contributed by atoms with Gasteiger partial charge in [0.1, 0.15) is 11.1 Å². The molecule has 0 aliphatic heterocycles. The first-order valence-electron chi connectivity index (χ1n) is 6.25. The van der Waals surface area contributed by atoms with Crippen molar-refractivity contribution >= 4 is 29.2 Å². The first kappa shape index (κ1) is 16.9. The molecule has 0 bridgehead atoms. The van der Waals surface area contributed by atoms with E-state index in [1.54, 1.807) is 13.8 Å². The molecule has 0 fully saturated rings. The van der Waals surface area contributed by atoms with Crippen LogP contribution >= 0.6 is 11.6 Å². The van der Waals surface area contributed by atoms with Crippen molar-refractivity contribution in [3.63, 3.8) is 0 Å². The fraction of sp³-hybridized carbons (Fsp3) is 0.385. The summed E-state index contributed by atoms with van der Waals surface area (Å²) >= 11 is 5.66. The summed E-state index contributed by atoms with van der Waals surface area (Å²) < 4.78 is 0. The number of amides is 1. The fourth-order valence-electron chi connectivity index (χ4n) is 1.70. The highest BCUT2D eigenvalue weighted by molar-refractivity contribution is 6.32. The van der Waals surface area contributed by atoms with Crippen molar-refractivity contribution in [3.05, 3.63) is 38.9 Å². The van der Waals surface area contributed by atoms with E-state index >= 15 is 0 Å². The largest absolute Gasteiger partial charge is 0.480 e. The first-order valence-corrected chi connectivity index (χ1v) is 6.63. The summed E-state index contributed by atoms with van der Waals surface area (Å²) in [5.41, 5.74) is -0.416. The summed E-state index contributed by atoms with van der Waals surface area (Å²) in [4.78, 5) is 33.2. The molecule has 0 aliphatic carbocycles. The second-order valence-electron chi connectivity index (χ2n) is 4.60. The Morgan fingerprint density at radius 2 is 2.10 bits per heavy atom. The van der Waals surface area contributed by atoms with Gasteiger partial charge in [-0.3, -0.25) is 14.9 Å². The zero-order valence-electron chi connectivity index (χ0n) is 11.5. The average molecular weight is 315 g/mol. The number of nitrogens with one attached hydrogen (secondary N) is 1. The third-order valence-electron chi connectivity index (χ3n) is 3.17. The molecule has 0 radical (unpaired) electrons. The molecule has 114 valence electrons. The van der Waals surface area contributed by atoms with E-state index in [2.05, 4.69) is 5.32 Å². The van der Waals surface area contributed by atoms with Crippen LogP contribution in [0.4, 0.5) is 5.69 Å². The molecule has 0 aromatic heterocycles. The van der Waals surface area contributed by atoms with E-state index in [1.807, 2.05) is 0 Å². The van der Waals surface area contributed by atoms with Gasteiger partial charge in [0, 0.05) is 11.6 Å². The second kappa shape index (κ2) is 7.03. The van der Waals surface area contributed by atoms with Gasteiger partial charge in [-0.1, -0.05) is 31.9 Å². The maximum atomic E-state index is 12.0. The Morgan fingerprint density at radius 1 is 1.48 bits per heavy atom. The van der Waals surface area contributed by atoms with Gasteiger partial charge in [-0.15, -0.1) is 0 Å². The zero-order chi connectivity index (χ0) is 16.2. The van der Waals surface area contributed by atoms with Crippen LogP contribution in [0.2, 0.25) is 5.02 Å². The lowest BCUT2D eigenvalue weighted by atomic mass is 9.99. The predicted molar refractivity (Wildman–Crippen MR) is 76.5 cm³/mol. The smallest absolute Gasteiger partial charge is 0.326 e. The molecule has 2 unspecified atom stereocenters. The van der Waals surface area contributed by atoms with E-state index < -0.39 is 28.5 Å². The Bertz CT molecular complexity index is 576. The van der Waals surface area contributed by atoms with E-state index in [0.29, 0.717) is 6.42 Å². The van der Waals surface area contributed by atoms with Crippen molar-refractivity contribution in [1.82, 2.24) is 5.32 Å². The highest BCUT2D eigenvalue weighted by Gasteiger charge is 2.26. The summed E-state index contributed by atoms with van der Waals surface area (Å²) in [6.07, 6.45) is 0.567. The molecule has 8 heteroatoms. The van der Waals surface area contributed by atoms with Crippen molar-refractivity contribution in [3.8, 4) is 0 Å². The van der Waals surface area contributed by atoms with Crippen LogP contribution in [0.15, 0.2) is 18.2 Å². The summed E-state index contributed by atoms with van der Waals surface area (Å²) in [5, 5.41) is 22.2. The van der Waals surface area contributed by atoms with Crippen LogP contribution in [0.1, 0.15) is 30.6 Å². The molecular formula is C13H15ClN2O5. The van der Waals surface area contributed by atoms with Crippen molar-refractivity contribution in [2.75, 3.05) is 0 Å². The van der Waals surface area contributed by atoms with Gasteiger partial charge in [0.2, 0.25) is 0 Å². The Balaban J connectivity index is 3.00. The average Bonchev–Trinajstić information content (AvgIpc) is 2.43. The van der Waals surface area contributed by atoms with Gasteiger partial charge in [0.15, 0.2) is 0 Å². The maximum Gasteiger partial charge on any atom is 0.326 e. The lowest BCUT2D eigenvalue weighted by Crippen LogP contribution is -2.45. The van der Waals surface area contributed by atoms with Gasteiger partial charge < -0.3 is 10.4 Å². The van der Waals surface area contributed by atoms with Crippen LogP contribution in [-0.2, 0) is 4.79 Å². The van der Waals surface area contributed by atoms with Gasteiger partial charge in [0.05, 0.1) is 4.92 Å². The lowest BCUT2D eigenvalue weighted by molar-refractivity contribution is -0.384. The topological polar surface area (TPSA) is 110 Å². The third-order valence-corrected chi connectivity index (χ3v) is 3.49. The monoisotopic (exact) mass is 314 g/mol. The number of nitrogens with zero attached hydrogens (tertiary/aromatic N) is 1. The molecule has 7 nitrogen and oxygen atoms in total. The molecule has 21 heavy (non-hydrogen) atoms.